The lowest BCUT2D eigenvalue weighted by atomic mass is 10.0. The Labute approximate surface area is 89.2 Å². The molecule has 0 amide bonds. The van der Waals surface area contributed by atoms with Gasteiger partial charge < -0.3 is 14.6 Å². The summed E-state index contributed by atoms with van der Waals surface area (Å²) >= 11 is 0. The summed E-state index contributed by atoms with van der Waals surface area (Å²) in [6, 6.07) is 0.430. The summed E-state index contributed by atoms with van der Waals surface area (Å²) in [6.07, 6.45) is 1.14. The van der Waals surface area contributed by atoms with Gasteiger partial charge in [0.2, 0.25) is 5.89 Å². The highest BCUT2D eigenvalue weighted by molar-refractivity contribution is 4.84. The minimum Gasteiger partial charge on any atom is -0.381 e. The van der Waals surface area contributed by atoms with E-state index in [2.05, 4.69) is 22.4 Å². The van der Waals surface area contributed by atoms with E-state index in [1.807, 2.05) is 6.92 Å². The standard InChI is InChI=1S/C10H17N3O2/c1-7(9-3-4-14-6-9)11-5-10-12-8(2)13-15-10/h7,9,11H,3-6H2,1-2H3. The van der Waals surface area contributed by atoms with E-state index >= 15 is 0 Å². The minimum absolute atomic E-state index is 0.430. The van der Waals surface area contributed by atoms with Crippen molar-refractivity contribution in [2.45, 2.75) is 32.9 Å². The highest BCUT2D eigenvalue weighted by Gasteiger charge is 2.22. The first-order valence-corrected chi connectivity index (χ1v) is 5.36. The fourth-order valence-corrected chi connectivity index (χ4v) is 1.77. The largest absolute Gasteiger partial charge is 0.381 e. The van der Waals surface area contributed by atoms with Crippen molar-refractivity contribution < 1.29 is 9.26 Å². The molecule has 0 aromatic carbocycles. The molecule has 5 nitrogen and oxygen atoms in total. The molecule has 2 rings (SSSR count). The topological polar surface area (TPSA) is 60.2 Å². The molecule has 1 N–H and O–H groups in total. The summed E-state index contributed by atoms with van der Waals surface area (Å²) in [4.78, 5) is 4.14. The average molecular weight is 211 g/mol. The van der Waals surface area contributed by atoms with E-state index < -0.39 is 0 Å². The second-order valence-corrected chi connectivity index (χ2v) is 4.03. The average Bonchev–Trinajstić information content (AvgIpc) is 2.84. The number of rotatable bonds is 4. The molecule has 84 valence electrons. The lowest BCUT2D eigenvalue weighted by molar-refractivity contribution is 0.177. The molecule has 0 radical (unpaired) electrons. The van der Waals surface area contributed by atoms with Gasteiger partial charge in [-0.3, -0.25) is 0 Å². The maximum atomic E-state index is 5.34. The SMILES string of the molecule is Cc1noc(CNC(C)C2CCOC2)n1. The Hall–Kier alpha value is -0.940. The number of hydrogen-bond donors (Lipinski definition) is 1. The van der Waals surface area contributed by atoms with Crippen molar-refractivity contribution in [1.29, 1.82) is 0 Å². The normalized spacial score (nSPS) is 23.2. The first kappa shape index (κ1) is 10.6. The minimum atomic E-state index is 0.430. The zero-order valence-electron chi connectivity index (χ0n) is 9.19. The van der Waals surface area contributed by atoms with Gasteiger partial charge in [0.15, 0.2) is 5.82 Å². The zero-order chi connectivity index (χ0) is 10.7. The molecular formula is C10H17N3O2. The van der Waals surface area contributed by atoms with Crippen molar-refractivity contribution in [2.24, 2.45) is 5.92 Å². The molecule has 0 saturated carbocycles. The second-order valence-electron chi connectivity index (χ2n) is 4.03. The molecule has 1 saturated heterocycles. The Bertz CT molecular complexity index is 307. The van der Waals surface area contributed by atoms with Gasteiger partial charge in [0, 0.05) is 12.6 Å². The molecule has 0 spiro atoms. The Kier molecular flexibility index (Phi) is 3.33. The third kappa shape index (κ3) is 2.76. The number of ether oxygens (including phenoxy) is 1. The number of aryl methyl sites for hydroxylation is 1. The summed E-state index contributed by atoms with van der Waals surface area (Å²) < 4.78 is 10.4. The monoisotopic (exact) mass is 211 g/mol. The highest BCUT2D eigenvalue weighted by atomic mass is 16.5. The Balaban J connectivity index is 1.77. The van der Waals surface area contributed by atoms with E-state index in [1.54, 1.807) is 0 Å². The van der Waals surface area contributed by atoms with Gasteiger partial charge in [-0.15, -0.1) is 0 Å². The van der Waals surface area contributed by atoms with E-state index in [4.69, 9.17) is 9.26 Å². The van der Waals surface area contributed by atoms with Crippen LogP contribution < -0.4 is 5.32 Å². The summed E-state index contributed by atoms with van der Waals surface area (Å²) in [5.74, 6) is 1.94. The van der Waals surface area contributed by atoms with Crippen LogP contribution >= 0.6 is 0 Å². The summed E-state index contributed by atoms with van der Waals surface area (Å²) in [6.45, 7) is 6.37. The molecule has 0 bridgehead atoms. The number of hydrogen-bond acceptors (Lipinski definition) is 5. The molecule has 15 heavy (non-hydrogen) atoms. The van der Waals surface area contributed by atoms with Crippen LogP contribution in [0.15, 0.2) is 4.52 Å². The van der Waals surface area contributed by atoms with E-state index in [0.717, 1.165) is 19.6 Å². The molecule has 2 atom stereocenters. The maximum absolute atomic E-state index is 5.34. The van der Waals surface area contributed by atoms with Gasteiger partial charge in [-0.25, -0.2) is 0 Å². The third-order valence-electron chi connectivity index (χ3n) is 2.82. The molecule has 2 unspecified atom stereocenters. The van der Waals surface area contributed by atoms with Crippen LogP contribution in [-0.4, -0.2) is 29.4 Å². The molecule has 1 fully saturated rings. The van der Waals surface area contributed by atoms with Gasteiger partial charge >= 0.3 is 0 Å². The molecule has 1 aliphatic heterocycles. The highest BCUT2D eigenvalue weighted by Crippen LogP contribution is 2.16. The maximum Gasteiger partial charge on any atom is 0.240 e. The van der Waals surface area contributed by atoms with Crippen LogP contribution in [0.2, 0.25) is 0 Å². The van der Waals surface area contributed by atoms with Crippen molar-refractivity contribution in [3.63, 3.8) is 0 Å². The predicted octanol–water partition coefficient (Wildman–Crippen LogP) is 0.893. The number of nitrogens with zero attached hydrogens (tertiary/aromatic N) is 2. The smallest absolute Gasteiger partial charge is 0.240 e. The summed E-state index contributed by atoms with van der Waals surface area (Å²) in [5, 5.41) is 7.12. The van der Waals surface area contributed by atoms with E-state index in [1.165, 1.54) is 0 Å². The van der Waals surface area contributed by atoms with Crippen LogP contribution in [0.1, 0.15) is 25.1 Å². The Morgan fingerprint density at radius 3 is 3.07 bits per heavy atom. The van der Waals surface area contributed by atoms with Crippen LogP contribution in [0.3, 0.4) is 0 Å². The van der Waals surface area contributed by atoms with Crippen LogP contribution in [-0.2, 0) is 11.3 Å². The molecule has 0 aliphatic carbocycles. The molecule has 1 aromatic rings. The molecular weight excluding hydrogens is 194 g/mol. The van der Waals surface area contributed by atoms with Crippen molar-refractivity contribution >= 4 is 0 Å². The molecule has 2 heterocycles. The second kappa shape index (κ2) is 4.72. The van der Waals surface area contributed by atoms with E-state index in [-0.39, 0.29) is 0 Å². The lowest BCUT2D eigenvalue weighted by Crippen LogP contribution is -2.33. The zero-order valence-corrected chi connectivity index (χ0v) is 9.19. The Morgan fingerprint density at radius 2 is 2.47 bits per heavy atom. The van der Waals surface area contributed by atoms with Crippen molar-refractivity contribution in [3.8, 4) is 0 Å². The van der Waals surface area contributed by atoms with Gasteiger partial charge in [-0.1, -0.05) is 5.16 Å². The number of nitrogens with one attached hydrogen (secondary N) is 1. The Morgan fingerprint density at radius 1 is 1.60 bits per heavy atom. The van der Waals surface area contributed by atoms with Gasteiger partial charge in [0.05, 0.1) is 13.2 Å². The van der Waals surface area contributed by atoms with Gasteiger partial charge in [0.25, 0.3) is 0 Å². The van der Waals surface area contributed by atoms with Gasteiger partial charge in [-0.05, 0) is 26.2 Å². The molecule has 1 aromatic heterocycles. The fourth-order valence-electron chi connectivity index (χ4n) is 1.77. The fraction of sp³-hybridized carbons (Fsp3) is 0.800. The number of aromatic nitrogens is 2. The van der Waals surface area contributed by atoms with Crippen molar-refractivity contribution in [2.75, 3.05) is 13.2 Å². The van der Waals surface area contributed by atoms with Crippen molar-refractivity contribution in [1.82, 2.24) is 15.5 Å². The van der Waals surface area contributed by atoms with Gasteiger partial charge in [0.1, 0.15) is 0 Å². The first-order chi connectivity index (χ1) is 7.25. The molecule has 1 aliphatic rings. The van der Waals surface area contributed by atoms with Gasteiger partial charge in [-0.2, -0.15) is 4.98 Å². The van der Waals surface area contributed by atoms with Crippen LogP contribution in [0.4, 0.5) is 0 Å². The predicted molar refractivity (Wildman–Crippen MR) is 54.3 cm³/mol. The van der Waals surface area contributed by atoms with Crippen molar-refractivity contribution in [3.05, 3.63) is 11.7 Å². The first-order valence-electron chi connectivity index (χ1n) is 5.36. The van der Waals surface area contributed by atoms with Crippen LogP contribution in [0.5, 0.6) is 0 Å². The molecule has 5 heteroatoms. The van der Waals surface area contributed by atoms with Crippen LogP contribution in [0, 0.1) is 12.8 Å². The van der Waals surface area contributed by atoms with Crippen LogP contribution in [0.25, 0.3) is 0 Å². The summed E-state index contributed by atoms with van der Waals surface area (Å²) in [5.41, 5.74) is 0. The summed E-state index contributed by atoms with van der Waals surface area (Å²) in [7, 11) is 0. The lowest BCUT2D eigenvalue weighted by Gasteiger charge is -2.17. The van der Waals surface area contributed by atoms with E-state index in [0.29, 0.717) is 30.2 Å². The van der Waals surface area contributed by atoms with E-state index in [9.17, 15) is 0 Å². The third-order valence-corrected chi connectivity index (χ3v) is 2.82. The quantitative estimate of drug-likeness (QED) is 0.801.